The van der Waals surface area contributed by atoms with Crippen LogP contribution in [0.4, 0.5) is 0 Å². The Hall–Kier alpha value is -0.840. The van der Waals surface area contributed by atoms with Crippen LogP contribution < -0.4 is 0 Å². The first kappa shape index (κ1) is 10.2. The van der Waals surface area contributed by atoms with Crippen LogP contribution in [0.1, 0.15) is 24.5 Å². The molecule has 0 aromatic carbocycles. The molecule has 0 saturated heterocycles. The average molecular weight is 186 g/mol. The highest BCUT2D eigenvalue weighted by Gasteiger charge is 2.25. The molecular formula is C9H14O4. The van der Waals surface area contributed by atoms with Gasteiger partial charge in [0.1, 0.15) is 23.7 Å². The van der Waals surface area contributed by atoms with Gasteiger partial charge in [-0.2, -0.15) is 0 Å². The van der Waals surface area contributed by atoms with Crippen LogP contribution in [-0.4, -0.2) is 27.5 Å². The topological polar surface area (TPSA) is 73.8 Å². The van der Waals surface area contributed by atoms with Crippen LogP contribution >= 0.6 is 0 Å². The van der Waals surface area contributed by atoms with Crippen LogP contribution in [0.2, 0.25) is 0 Å². The van der Waals surface area contributed by atoms with Crippen molar-refractivity contribution in [2.75, 3.05) is 0 Å². The molecule has 4 heteroatoms. The fraction of sp³-hybridized carbons (Fsp3) is 0.556. The van der Waals surface area contributed by atoms with Gasteiger partial charge in [0.05, 0.1) is 6.10 Å². The lowest BCUT2D eigenvalue weighted by molar-refractivity contribution is -0.0610. The van der Waals surface area contributed by atoms with E-state index in [4.69, 9.17) is 9.52 Å². The Balaban J connectivity index is 2.73. The van der Waals surface area contributed by atoms with Crippen molar-refractivity contribution in [3.8, 4) is 0 Å². The van der Waals surface area contributed by atoms with E-state index in [1.807, 2.05) is 0 Å². The molecule has 1 aromatic heterocycles. The first-order valence-electron chi connectivity index (χ1n) is 4.13. The van der Waals surface area contributed by atoms with Crippen LogP contribution in [-0.2, 0) is 0 Å². The first-order valence-corrected chi connectivity index (χ1v) is 4.13. The molecule has 0 aliphatic rings. The number of aliphatic hydroxyl groups excluding tert-OH is 3. The SMILES string of the molecule is Cc1ccc(C(O)C(O)C(C)O)o1. The molecule has 0 aliphatic heterocycles. The smallest absolute Gasteiger partial charge is 0.140 e. The first-order chi connectivity index (χ1) is 6.02. The van der Waals surface area contributed by atoms with E-state index < -0.39 is 18.3 Å². The summed E-state index contributed by atoms with van der Waals surface area (Å²) in [7, 11) is 0. The predicted octanol–water partition coefficient (Wildman–Crippen LogP) is 0.363. The van der Waals surface area contributed by atoms with Crippen molar-refractivity contribution in [1.29, 1.82) is 0 Å². The molecule has 1 aromatic rings. The Morgan fingerprint density at radius 3 is 2.23 bits per heavy atom. The summed E-state index contributed by atoms with van der Waals surface area (Å²) < 4.78 is 5.10. The molecule has 3 unspecified atom stereocenters. The van der Waals surface area contributed by atoms with Crippen LogP contribution in [0.3, 0.4) is 0 Å². The number of hydrogen-bond acceptors (Lipinski definition) is 4. The number of rotatable bonds is 3. The van der Waals surface area contributed by atoms with Crippen molar-refractivity contribution in [3.63, 3.8) is 0 Å². The highest BCUT2D eigenvalue weighted by molar-refractivity contribution is 5.09. The van der Waals surface area contributed by atoms with Gasteiger partial charge < -0.3 is 19.7 Å². The van der Waals surface area contributed by atoms with Crippen LogP contribution in [0.15, 0.2) is 16.5 Å². The lowest BCUT2D eigenvalue weighted by Crippen LogP contribution is -2.29. The second-order valence-corrected chi connectivity index (χ2v) is 3.12. The van der Waals surface area contributed by atoms with E-state index in [0.29, 0.717) is 5.76 Å². The van der Waals surface area contributed by atoms with Gasteiger partial charge in [-0.05, 0) is 26.0 Å². The maximum atomic E-state index is 9.47. The van der Waals surface area contributed by atoms with Gasteiger partial charge in [0, 0.05) is 0 Å². The molecule has 0 radical (unpaired) electrons. The second-order valence-electron chi connectivity index (χ2n) is 3.12. The number of hydrogen-bond donors (Lipinski definition) is 3. The van der Waals surface area contributed by atoms with E-state index in [0.717, 1.165) is 0 Å². The molecule has 4 nitrogen and oxygen atoms in total. The number of aryl methyl sites for hydroxylation is 1. The molecule has 1 rings (SSSR count). The summed E-state index contributed by atoms with van der Waals surface area (Å²) in [4.78, 5) is 0. The summed E-state index contributed by atoms with van der Waals surface area (Å²) in [5.74, 6) is 0.928. The second kappa shape index (κ2) is 3.91. The molecule has 0 amide bonds. The summed E-state index contributed by atoms with van der Waals surface area (Å²) in [5, 5.41) is 27.8. The number of furan rings is 1. The van der Waals surface area contributed by atoms with Crippen molar-refractivity contribution in [2.24, 2.45) is 0 Å². The molecule has 0 spiro atoms. The predicted molar refractivity (Wildman–Crippen MR) is 46.1 cm³/mol. The Morgan fingerprint density at radius 1 is 1.23 bits per heavy atom. The monoisotopic (exact) mass is 186 g/mol. The van der Waals surface area contributed by atoms with Crippen molar-refractivity contribution in [3.05, 3.63) is 23.7 Å². The normalized spacial score (nSPS) is 18.2. The standard InChI is InChI=1S/C9H14O4/c1-5-3-4-7(13-5)9(12)8(11)6(2)10/h3-4,6,8-12H,1-2H3. The third-order valence-corrected chi connectivity index (χ3v) is 1.87. The zero-order chi connectivity index (χ0) is 10.0. The Kier molecular flexibility index (Phi) is 3.08. The maximum absolute atomic E-state index is 9.47. The molecule has 1 heterocycles. The maximum Gasteiger partial charge on any atom is 0.140 e. The van der Waals surface area contributed by atoms with Crippen LogP contribution in [0.5, 0.6) is 0 Å². The zero-order valence-electron chi connectivity index (χ0n) is 7.64. The van der Waals surface area contributed by atoms with E-state index >= 15 is 0 Å². The van der Waals surface area contributed by atoms with Gasteiger partial charge in [-0.15, -0.1) is 0 Å². The minimum absolute atomic E-state index is 0.269. The van der Waals surface area contributed by atoms with Gasteiger partial charge in [0.25, 0.3) is 0 Å². The fourth-order valence-electron chi connectivity index (χ4n) is 1.04. The third kappa shape index (κ3) is 2.30. The summed E-state index contributed by atoms with van der Waals surface area (Å²) in [5.41, 5.74) is 0. The molecule has 3 N–H and O–H groups in total. The molecule has 0 fully saturated rings. The van der Waals surface area contributed by atoms with Crippen molar-refractivity contribution >= 4 is 0 Å². The fourth-order valence-corrected chi connectivity index (χ4v) is 1.04. The molecule has 0 bridgehead atoms. The minimum Gasteiger partial charge on any atom is -0.464 e. The highest BCUT2D eigenvalue weighted by atomic mass is 16.4. The quantitative estimate of drug-likeness (QED) is 0.637. The third-order valence-electron chi connectivity index (χ3n) is 1.87. The van der Waals surface area contributed by atoms with Crippen LogP contribution in [0.25, 0.3) is 0 Å². The van der Waals surface area contributed by atoms with Gasteiger partial charge in [-0.25, -0.2) is 0 Å². The van der Waals surface area contributed by atoms with Crippen molar-refractivity contribution in [1.82, 2.24) is 0 Å². The molecule has 0 aliphatic carbocycles. The molecule has 3 atom stereocenters. The lowest BCUT2D eigenvalue weighted by atomic mass is 10.1. The molecule has 0 saturated carbocycles. The van der Waals surface area contributed by atoms with E-state index in [1.165, 1.54) is 6.92 Å². The van der Waals surface area contributed by atoms with Gasteiger partial charge in [-0.3, -0.25) is 0 Å². The molecule has 74 valence electrons. The van der Waals surface area contributed by atoms with Crippen molar-refractivity contribution < 1.29 is 19.7 Å². The van der Waals surface area contributed by atoms with Gasteiger partial charge >= 0.3 is 0 Å². The summed E-state index contributed by atoms with van der Waals surface area (Å²) >= 11 is 0. The van der Waals surface area contributed by atoms with E-state index in [9.17, 15) is 10.2 Å². The molecule has 13 heavy (non-hydrogen) atoms. The van der Waals surface area contributed by atoms with E-state index in [1.54, 1.807) is 19.1 Å². The van der Waals surface area contributed by atoms with E-state index in [-0.39, 0.29) is 5.76 Å². The minimum atomic E-state index is -1.22. The highest BCUT2D eigenvalue weighted by Crippen LogP contribution is 2.20. The van der Waals surface area contributed by atoms with Gasteiger partial charge in [-0.1, -0.05) is 0 Å². The average Bonchev–Trinajstić information content (AvgIpc) is 2.49. The Morgan fingerprint density at radius 2 is 1.85 bits per heavy atom. The Bertz CT molecular complexity index is 266. The van der Waals surface area contributed by atoms with Gasteiger partial charge in [0.15, 0.2) is 0 Å². The van der Waals surface area contributed by atoms with Gasteiger partial charge in [0.2, 0.25) is 0 Å². The van der Waals surface area contributed by atoms with Crippen LogP contribution in [0, 0.1) is 6.92 Å². The summed E-state index contributed by atoms with van der Waals surface area (Å²) in [6, 6.07) is 3.26. The lowest BCUT2D eigenvalue weighted by Gasteiger charge is -2.17. The van der Waals surface area contributed by atoms with Crippen molar-refractivity contribution in [2.45, 2.75) is 32.2 Å². The molecular weight excluding hydrogens is 172 g/mol. The number of aliphatic hydroxyl groups is 3. The zero-order valence-corrected chi connectivity index (χ0v) is 7.64. The Labute approximate surface area is 76.4 Å². The van der Waals surface area contributed by atoms with E-state index in [2.05, 4.69) is 0 Å². The largest absolute Gasteiger partial charge is 0.464 e. The summed E-state index contributed by atoms with van der Waals surface area (Å²) in [6.07, 6.45) is -3.38. The summed E-state index contributed by atoms with van der Waals surface area (Å²) in [6.45, 7) is 3.15.